The molecule has 10 heteroatoms. The van der Waals surface area contributed by atoms with E-state index < -0.39 is 16.8 Å². The van der Waals surface area contributed by atoms with E-state index in [9.17, 15) is 9.35 Å². The van der Waals surface area contributed by atoms with Crippen molar-refractivity contribution in [3.63, 3.8) is 0 Å². The lowest BCUT2D eigenvalue weighted by molar-refractivity contribution is 0.0221. The number of ether oxygens (including phenoxy) is 2. The Hall–Kier alpha value is -1.75. The van der Waals surface area contributed by atoms with Crippen LogP contribution >= 0.6 is 15.9 Å². The van der Waals surface area contributed by atoms with E-state index in [0.29, 0.717) is 19.1 Å². The van der Waals surface area contributed by atoms with Crippen molar-refractivity contribution in [3.8, 4) is 0 Å². The number of carbonyl (C=O) groups excluding carboxylic acids is 1. The minimum absolute atomic E-state index is 0.287. The van der Waals surface area contributed by atoms with Gasteiger partial charge >= 0.3 is 6.09 Å². The number of aryl methyl sites for hydroxylation is 1. The van der Waals surface area contributed by atoms with Gasteiger partial charge in [0.2, 0.25) is 0 Å². The lowest BCUT2D eigenvalue weighted by Gasteiger charge is -2.33. The second kappa shape index (κ2) is 10.2. The number of amides is 1. The molecule has 8 nitrogen and oxygen atoms in total. The van der Waals surface area contributed by atoms with Gasteiger partial charge in [-0.3, -0.25) is 4.68 Å². The summed E-state index contributed by atoms with van der Waals surface area (Å²) in [5.41, 5.74) is 4.03. The predicted octanol–water partition coefficient (Wildman–Crippen LogP) is 5.11. The van der Waals surface area contributed by atoms with Crippen molar-refractivity contribution in [1.82, 2.24) is 14.7 Å². The number of fused-ring (bicyclic) bond motifs is 2. The van der Waals surface area contributed by atoms with Crippen LogP contribution in [0.5, 0.6) is 0 Å². The second-order valence-corrected chi connectivity index (χ2v) is 13.0. The topological polar surface area (TPSA) is 82.9 Å². The van der Waals surface area contributed by atoms with E-state index in [0.717, 1.165) is 78.3 Å². The van der Waals surface area contributed by atoms with Crippen LogP contribution in [0.1, 0.15) is 62.9 Å². The van der Waals surface area contributed by atoms with Crippen LogP contribution in [0, 0.1) is 0 Å². The molecule has 3 aliphatic rings. The van der Waals surface area contributed by atoms with Crippen molar-refractivity contribution in [1.29, 1.82) is 0 Å². The Labute approximate surface area is 224 Å². The lowest BCUT2D eigenvalue weighted by Crippen LogP contribution is -2.40. The number of benzene rings is 1. The monoisotopic (exact) mass is 578 g/mol. The standard InChI is InChI=1S/C26H35BrN4O4S/c1-26(2,3)35-25(32)29-11-7-21-19(16-29)24(28-31(21)18-8-12-34-13-9-18)30-10-5-6-17-14-20(27)23(36(4)33)15-22(17)30/h14-15,18H,5-13,16H2,1-4H3. The average Bonchev–Trinajstić information content (AvgIpc) is 3.21. The Bertz CT molecular complexity index is 1140. The normalized spacial score (nSPS) is 19.6. The minimum atomic E-state index is -1.11. The van der Waals surface area contributed by atoms with Gasteiger partial charge in [-0.05, 0) is 85.2 Å². The molecule has 36 heavy (non-hydrogen) atoms. The Morgan fingerprint density at radius 2 is 1.97 bits per heavy atom. The summed E-state index contributed by atoms with van der Waals surface area (Å²) in [5, 5.41) is 5.22. The summed E-state index contributed by atoms with van der Waals surface area (Å²) < 4.78 is 26.9. The first-order chi connectivity index (χ1) is 17.1. The number of aromatic nitrogens is 2. The van der Waals surface area contributed by atoms with E-state index >= 15 is 0 Å². The molecule has 0 N–H and O–H groups in total. The number of halogens is 1. The van der Waals surface area contributed by atoms with Crippen LogP contribution in [-0.2, 0) is 40.0 Å². The van der Waals surface area contributed by atoms with Gasteiger partial charge in [-0.1, -0.05) is 0 Å². The van der Waals surface area contributed by atoms with Gasteiger partial charge in [0.05, 0.1) is 22.7 Å². The maximum absolute atomic E-state index is 13.0. The summed E-state index contributed by atoms with van der Waals surface area (Å²) in [4.78, 5) is 17.8. The molecule has 0 aliphatic carbocycles. The van der Waals surface area contributed by atoms with Crippen LogP contribution in [0.4, 0.5) is 16.3 Å². The van der Waals surface area contributed by atoms with E-state index in [4.69, 9.17) is 14.6 Å². The van der Waals surface area contributed by atoms with Gasteiger partial charge in [-0.25, -0.2) is 4.79 Å². The molecule has 1 unspecified atom stereocenters. The van der Waals surface area contributed by atoms with Crippen molar-refractivity contribution in [2.45, 2.75) is 76.0 Å². The summed E-state index contributed by atoms with van der Waals surface area (Å²) in [5.74, 6) is 0.904. The van der Waals surface area contributed by atoms with Gasteiger partial charge in [-0.2, -0.15) is 5.10 Å². The Kier molecular flexibility index (Phi) is 7.33. The molecular weight excluding hydrogens is 544 g/mol. The third kappa shape index (κ3) is 5.14. The number of carbonyl (C=O) groups is 1. The van der Waals surface area contributed by atoms with E-state index in [1.165, 1.54) is 11.3 Å². The third-order valence-electron chi connectivity index (χ3n) is 7.07. The fraction of sp³-hybridized carbons (Fsp3) is 0.615. The van der Waals surface area contributed by atoms with Crippen molar-refractivity contribution in [2.75, 3.05) is 37.5 Å². The summed E-state index contributed by atoms with van der Waals surface area (Å²) in [6.07, 6.45) is 6.00. The van der Waals surface area contributed by atoms with Gasteiger partial charge in [0.25, 0.3) is 0 Å². The average molecular weight is 580 g/mol. The minimum Gasteiger partial charge on any atom is -0.612 e. The van der Waals surface area contributed by atoms with E-state index in [2.05, 4.69) is 31.6 Å². The molecule has 4 heterocycles. The molecule has 0 radical (unpaired) electrons. The fourth-order valence-corrected chi connectivity index (χ4v) is 7.07. The Balaban J connectivity index is 1.57. The smallest absolute Gasteiger partial charge is 0.410 e. The molecule has 5 rings (SSSR count). The first-order valence-electron chi connectivity index (χ1n) is 12.7. The van der Waals surface area contributed by atoms with Gasteiger partial charge < -0.3 is 23.8 Å². The highest BCUT2D eigenvalue weighted by atomic mass is 79.9. The molecule has 196 valence electrons. The molecule has 1 aromatic carbocycles. The largest absolute Gasteiger partial charge is 0.612 e. The van der Waals surface area contributed by atoms with Gasteiger partial charge in [0.15, 0.2) is 10.7 Å². The Morgan fingerprint density at radius 3 is 2.67 bits per heavy atom. The van der Waals surface area contributed by atoms with Gasteiger partial charge in [0, 0.05) is 50.0 Å². The molecule has 1 saturated heterocycles. The van der Waals surface area contributed by atoms with Crippen molar-refractivity contribution >= 4 is 44.7 Å². The van der Waals surface area contributed by atoms with Crippen molar-refractivity contribution in [2.24, 2.45) is 0 Å². The first kappa shape index (κ1) is 25.9. The molecule has 2 aromatic rings. The molecule has 0 bridgehead atoms. The fourth-order valence-electron chi connectivity index (χ4n) is 5.38. The SMILES string of the molecule is C[S+]([O-])c1cc2c(cc1Br)CCCN2c1nn(C2CCOCC2)c2c1CN(C(=O)OC(C)(C)C)CC2. The summed E-state index contributed by atoms with van der Waals surface area (Å²) in [6.45, 7) is 9.08. The quantitative estimate of drug-likeness (QED) is 0.470. The highest BCUT2D eigenvalue weighted by Gasteiger charge is 2.35. The molecule has 3 aliphatic heterocycles. The number of hydrogen-bond acceptors (Lipinski definition) is 6. The van der Waals surface area contributed by atoms with Crippen LogP contribution in [0.15, 0.2) is 21.5 Å². The number of hydrogen-bond donors (Lipinski definition) is 0. The molecule has 1 atom stereocenters. The van der Waals surface area contributed by atoms with E-state index in [-0.39, 0.29) is 6.09 Å². The molecule has 1 fully saturated rings. The molecule has 1 aromatic heterocycles. The van der Waals surface area contributed by atoms with Gasteiger partial charge in [-0.15, -0.1) is 0 Å². The number of rotatable bonds is 3. The van der Waals surface area contributed by atoms with Crippen LogP contribution in [-0.4, -0.2) is 63.5 Å². The molecule has 0 saturated carbocycles. The third-order valence-corrected chi connectivity index (χ3v) is 8.95. The number of anilines is 2. The zero-order valence-electron chi connectivity index (χ0n) is 21.5. The second-order valence-electron chi connectivity index (χ2n) is 10.8. The van der Waals surface area contributed by atoms with Crippen LogP contribution in [0.25, 0.3) is 0 Å². The summed E-state index contributed by atoms with van der Waals surface area (Å²) in [7, 11) is 0. The predicted molar refractivity (Wildman–Crippen MR) is 143 cm³/mol. The Morgan fingerprint density at radius 1 is 1.22 bits per heavy atom. The zero-order valence-corrected chi connectivity index (χ0v) is 23.9. The maximum atomic E-state index is 13.0. The van der Waals surface area contributed by atoms with Gasteiger partial charge in [0.1, 0.15) is 11.9 Å². The molecule has 0 spiro atoms. The molecular formula is C26H35BrN4O4S. The summed E-state index contributed by atoms with van der Waals surface area (Å²) >= 11 is 2.50. The highest BCUT2D eigenvalue weighted by Crippen LogP contribution is 2.42. The van der Waals surface area contributed by atoms with Crippen LogP contribution in [0.3, 0.4) is 0 Å². The molecule has 1 amide bonds. The zero-order chi connectivity index (χ0) is 25.6. The lowest BCUT2D eigenvalue weighted by atomic mass is 10.00. The summed E-state index contributed by atoms with van der Waals surface area (Å²) in [6, 6.07) is 4.44. The van der Waals surface area contributed by atoms with Crippen LogP contribution in [0.2, 0.25) is 0 Å². The van der Waals surface area contributed by atoms with E-state index in [1.807, 2.05) is 26.8 Å². The highest BCUT2D eigenvalue weighted by molar-refractivity contribution is 9.10. The van der Waals surface area contributed by atoms with E-state index in [1.54, 1.807) is 11.2 Å². The maximum Gasteiger partial charge on any atom is 0.410 e. The number of nitrogens with zero attached hydrogens (tertiary/aromatic N) is 4. The first-order valence-corrected chi connectivity index (χ1v) is 15.1. The van der Waals surface area contributed by atoms with Crippen molar-refractivity contribution in [3.05, 3.63) is 33.4 Å². The van der Waals surface area contributed by atoms with Crippen LogP contribution < -0.4 is 4.90 Å². The van der Waals surface area contributed by atoms with Crippen molar-refractivity contribution < 1.29 is 18.8 Å².